The highest BCUT2D eigenvalue weighted by Gasteiger charge is 2.24. The van der Waals surface area contributed by atoms with Crippen LogP contribution in [0.25, 0.3) is 11.3 Å². The van der Waals surface area contributed by atoms with Crippen LogP contribution >= 0.6 is 0 Å². The first kappa shape index (κ1) is 18.5. The third-order valence-corrected chi connectivity index (χ3v) is 5.62. The van der Waals surface area contributed by atoms with Crippen LogP contribution in [-0.2, 0) is 29.3 Å². The van der Waals surface area contributed by atoms with Crippen molar-refractivity contribution >= 4 is 9.84 Å². The highest BCUT2D eigenvalue weighted by Crippen LogP contribution is 2.24. The van der Waals surface area contributed by atoms with Gasteiger partial charge in [-0.05, 0) is 24.3 Å². The molecule has 0 saturated heterocycles. The van der Waals surface area contributed by atoms with Gasteiger partial charge in [-0.1, -0.05) is 0 Å². The summed E-state index contributed by atoms with van der Waals surface area (Å²) in [5.74, 6) is -0.308. The van der Waals surface area contributed by atoms with Crippen LogP contribution in [0.1, 0.15) is 16.8 Å². The van der Waals surface area contributed by atoms with E-state index in [-0.39, 0.29) is 11.0 Å². The summed E-state index contributed by atoms with van der Waals surface area (Å²) in [7, 11) is -3.57. The van der Waals surface area contributed by atoms with Gasteiger partial charge in [-0.15, -0.1) is 0 Å². The summed E-state index contributed by atoms with van der Waals surface area (Å²) in [4.78, 5) is 20.9. The largest absolute Gasteiger partial charge is 0.297 e. The number of H-pyrrole nitrogens is 2. The van der Waals surface area contributed by atoms with E-state index < -0.39 is 15.4 Å². The lowest BCUT2D eigenvalue weighted by Gasteiger charge is -2.27. The van der Waals surface area contributed by atoms with E-state index in [9.17, 15) is 17.6 Å². The molecule has 0 atom stereocenters. The minimum atomic E-state index is -3.57. The minimum absolute atomic E-state index is 0.293. The van der Waals surface area contributed by atoms with Crippen molar-refractivity contribution in [2.45, 2.75) is 24.7 Å². The van der Waals surface area contributed by atoms with Gasteiger partial charge < -0.3 is 0 Å². The Kier molecular flexibility index (Phi) is 4.60. The zero-order chi connectivity index (χ0) is 19.9. The van der Waals surface area contributed by atoms with Crippen LogP contribution in [0.3, 0.4) is 0 Å². The molecule has 3 heterocycles. The minimum Gasteiger partial charge on any atom is -0.297 e. The van der Waals surface area contributed by atoms with Gasteiger partial charge in [0.2, 0.25) is 15.0 Å². The summed E-state index contributed by atoms with van der Waals surface area (Å²) in [6.45, 7) is 1.52. The Hall–Kier alpha value is -2.85. The first-order valence-electron chi connectivity index (χ1n) is 8.64. The topological polar surface area (TPSA) is 112 Å². The number of sulfone groups is 1. The zero-order valence-corrected chi connectivity index (χ0v) is 15.9. The van der Waals surface area contributed by atoms with Gasteiger partial charge in [0.15, 0.2) is 0 Å². The number of benzene rings is 1. The Balaban J connectivity index is 1.58. The Bertz CT molecular complexity index is 1180. The van der Waals surface area contributed by atoms with Gasteiger partial charge in [0.25, 0.3) is 5.56 Å². The van der Waals surface area contributed by atoms with Crippen molar-refractivity contribution in [2.24, 2.45) is 0 Å². The molecule has 3 aromatic rings. The molecule has 28 heavy (non-hydrogen) atoms. The van der Waals surface area contributed by atoms with E-state index in [0.717, 1.165) is 23.1 Å². The van der Waals surface area contributed by atoms with Crippen molar-refractivity contribution in [2.75, 3.05) is 12.8 Å². The highest BCUT2D eigenvalue weighted by atomic mass is 32.2. The van der Waals surface area contributed by atoms with E-state index in [1.54, 1.807) is 18.3 Å². The van der Waals surface area contributed by atoms with Crippen molar-refractivity contribution in [3.8, 4) is 11.3 Å². The third-order valence-electron chi connectivity index (χ3n) is 4.72. The molecule has 10 heteroatoms. The van der Waals surface area contributed by atoms with Crippen LogP contribution < -0.4 is 5.56 Å². The van der Waals surface area contributed by atoms with Crippen LogP contribution in [-0.4, -0.2) is 46.3 Å². The molecule has 0 amide bonds. The Morgan fingerprint density at radius 3 is 2.71 bits per heavy atom. The first-order chi connectivity index (χ1) is 13.3. The van der Waals surface area contributed by atoms with E-state index in [4.69, 9.17) is 0 Å². The molecule has 2 aromatic heterocycles. The summed E-state index contributed by atoms with van der Waals surface area (Å²) in [5, 5.41) is 6.74. The average Bonchev–Trinajstić information content (AvgIpc) is 3.10. The molecular weight excluding hydrogens is 385 g/mol. The van der Waals surface area contributed by atoms with Crippen molar-refractivity contribution in [3.63, 3.8) is 0 Å². The fraction of sp³-hybridized carbons (Fsp3) is 0.278. The Morgan fingerprint density at radius 1 is 1.25 bits per heavy atom. The Morgan fingerprint density at radius 2 is 2.00 bits per heavy atom. The van der Waals surface area contributed by atoms with E-state index >= 15 is 0 Å². The molecule has 1 aliphatic rings. The molecule has 1 aromatic carbocycles. The first-order valence-corrected chi connectivity index (χ1v) is 10.5. The number of hydrogen-bond acceptors (Lipinski definition) is 6. The maximum absolute atomic E-state index is 13.2. The van der Waals surface area contributed by atoms with Gasteiger partial charge in [0, 0.05) is 43.4 Å². The zero-order valence-electron chi connectivity index (χ0n) is 15.1. The predicted octanol–water partition coefficient (Wildman–Crippen LogP) is 1.26. The maximum Gasteiger partial charge on any atom is 0.256 e. The van der Waals surface area contributed by atoms with Crippen LogP contribution in [0, 0.1) is 5.82 Å². The fourth-order valence-corrected chi connectivity index (χ4v) is 3.86. The fourth-order valence-electron chi connectivity index (χ4n) is 3.31. The molecule has 146 valence electrons. The quantitative estimate of drug-likeness (QED) is 0.635. The number of rotatable bonds is 4. The van der Waals surface area contributed by atoms with Gasteiger partial charge in [-0.3, -0.25) is 19.8 Å². The lowest BCUT2D eigenvalue weighted by Crippen LogP contribution is -2.36. The number of fused-ring (bicyclic) bond motifs is 1. The van der Waals surface area contributed by atoms with Gasteiger partial charge in [-0.25, -0.2) is 17.8 Å². The van der Waals surface area contributed by atoms with E-state index in [1.807, 2.05) is 0 Å². The summed E-state index contributed by atoms with van der Waals surface area (Å²) >= 11 is 0. The third kappa shape index (κ3) is 3.60. The molecule has 0 radical (unpaired) electrons. The van der Waals surface area contributed by atoms with Crippen molar-refractivity contribution in [3.05, 3.63) is 63.5 Å². The number of aromatic amines is 2. The van der Waals surface area contributed by atoms with E-state index in [0.29, 0.717) is 37.3 Å². The lowest BCUT2D eigenvalue weighted by molar-refractivity contribution is 0.241. The smallest absolute Gasteiger partial charge is 0.256 e. The SMILES string of the molecule is CS(=O)(=O)c1nc2c(c(=O)[nH]1)CN(Cc1cn[nH]c1-c1ccc(F)cc1)CC2. The molecule has 0 saturated carbocycles. The molecule has 0 spiro atoms. The lowest BCUT2D eigenvalue weighted by atomic mass is 10.0. The molecule has 2 N–H and O–H groups in total. The van der Waals surface area contributed by atoms with Crippen LogP contribution in [0.15, 0.2) is 40.4 Å². The highest BCUT2D eigenvalue weighted by molar-refractivity contribution is 7.90. The molecule has 1 aliphatic heterocycles. The number of nitrogens with one attached hydrogen (secondary N) is 2. The normalized spacial score (nSPS) is 14.8. The van der Waals surface area contributed by atoms with E-state index in [2.05, 4.69) is 25.1 Å². The van der Waals surface area contributed by atoms with Crippen molar-refractivity contribution in [1.29, 1.82) is 0 Å². The van der Waals surface area contributed by atoms with Crippen LogP contribution in [0.5, 0.6) is 0 Å². The monoisotopic (exact) mass is 403 g/mol. The second-order valence-corrected chi connectivity index (χ2v) is 8.74. The molecule has 0 bridgehead atoms. The average molecular weight is 403 g/mol. The molecule has 0 fully saturated rings. The summed E-state index contributed by atoms with van der Waals surface area (Å²) < 4.78 is 36.5. The predicted molar refractivity (Wildman–Crippen MR) is 99.8 cm³/mol. The van der Waals surface area contributed by atoms with Crippen molar-refractivity contribution in [1.82, 2.24) is 25.1 Å². The van der Waals surface area contributed by atoms with Gasteiger partial charge >= 0.3 is 0 Å². The van der Waals surface area contributed by atoms with Crippen LogP contribution in [0.2, 0.25) is 0 Å². The van der Waals surface area contributed by atoms with Crippen LogP contribution in [0.4, 0.5) is 4.39 Å². The van der Waals surface area contributed by atoms with Gasteiger partial charge in [0.05, 0.1) is 23.1 Å². The molecule has 8 nitrogen and oxygen atoms in total. The summed E-state index contributed by atoms with van der Waals surface area (Å²) in [6.07, 6.45) is 3.21. The molecular formula is C18H18FN5O3S. The summed E-state index contributed by atoms with van der Waals surface area (Å²) in [5.41, 5.74) is 3.11. The maximum atomic E-state index is 13.2. The molecule has 0 unspecified atom stereocenters. The number of halogens is 1. The van der Waals surface area contributed by atoms with Gasteiger partial charge in [0.1, 0.15) is 5.82 Å². The number of aromatic nitrogens is 4. The van der Waals surface area contributed by atoms with Gasteiger partial charge in [-0.2, -0.15) is 5.10 Å². The number of nitrogens with zero attached hydrogens (tertiary/aromatic N) is 3. The standard InChI is InChI=1S/C18H18FN5O3S/c1-28(26,27)18-21-15-6-7-24(10-14(15)17(25)22-18)9-12-8-20-23-16(12)11-2-4-13(19)5-3-11/h2-5,8H,6-7,9-10H2,1H3,(H,20,23)(H,21,22,25). The summed E-state index contributed by atoms with van der Waals surface area (Å²) in [6, 6.07) is 6.14. The second-order valence-electron chi connectivity index (χ2n) is 6.81. The molecule has 4 rings (SSSR count). The number of hydrogen-bond donors (Lipinski definition) is 2. The molecule has 0 aliphatic carbocycles. The second kappa shape index (κ2) is 6.95. The van der Waals surface area contributed by atoms with E-state index in [1.165, 1.54) is 12.1 Å². The van der Waals surface area contributed by atoms with Crippen molar-refractivity contribution < 1.29 is 12.8 Å². The Labute approximate surface area is 160 Å².